The van der Waals surface area contributed by atoms with Gasteiger partial charge in [0, 0.05) is 6.54 Å². The molecule has 0 aliphatic heterocycles. The first kappa shape index (κ1) is 15.1. The molecular weight excluding hydrogens is 298 g/mol. The summed E-state index contributed by atoms with van der Waals surface area (Å²) in [6.07, 6.45) is 1.84. The molecule has 0 atom stereocenters. The monoisotopic (exact) mass is 311 g/mol. The van der Waals surface area contributed by atoms with Gasteiger partial charge in [-0.15, -0.1) is 0 Å². The van der Waals surface area contributed by atoms with E-state index in [0.29, 0.717) is 12.6 Å². The number of halogens is 4. The molecule has 0 unspecified atom stereocenters. The number of hydrogen-bond acceptors (Lipinski definition) is 3. The first-order valence-electron chi connectivity index (χ1n) is 5.90. The Morgan fingerprint density at radius 1 is 1.30 bits per heavy atom. The van der Waals surface area contributed by atoms with Crippen molar-refractivity contribution in [3.05, 3.63) is 24.0 Å². The van der Waals surface area contributed by atoms with Crippen LogP contribution in [0.1, 0.15) is 19.8 Å². The van der Waals surface area contributed by atoms with Gasteiger partial charge in [-0.25, -0.2) is 12.8 Å². The van der Waals surface area contributed by atoms with Crippen molar-refractivity contribution in [2.45, 2.75) is 30.2 Å². The van der Waals surface area contributed by atoms with Crippen LogP contribution in [0.15, 0.2) is 23.1 Å². The van der Waals surface area contributed by atoms with Crippen molar-refractivity contribution in [2.24, 2.45) is 5.41 Å². The van der Waals surface area contributed by atoms with Gasteiger partial charge < -0.3 is 5.32 Å². The van der Waals surface area contributed by atoms with Crippen molar-refractivity contribution in [2.75, 3.05) is 11.9 Å². The largest absolute Gasteiger partial charge is 0.501 e. The van der Waals surface area contributed by atoms with Crippen molar-refractivity contribution >= 4 is 15.5 Å². The van der Waals surface area contributed by atoms with Gasteiger partial charge >= 0.3 is 5.51 Å². The van der Waals surface area contributed by atoms with E-state index in [1.807, 2.05) is 6.92 Å². The first-order valence-corrected chi connectivity index (χ1v) is 7.38. The molecule has 1 aromatic rings. The molecule has 0 spiro atoms. The number of anilines is 1. The number of nitrogens with one attached hydrogen (secondary N) is 1. The first-order chi connectivity index (χ1) is 9.05. The summed E-state index contributed by atoms with van der Waals surface area (Å²) in [7, 11) is -5.58. The summed E-state index contributed by atoms with van der Waals surface area (Å²) in [5.74, 6) is -1.03. The zero-order valence-corrected chi connectivity index (χ0v) is 11.4. The van der Waals surface area contributed by atoms with E-state index in [2.05, 4.69) is 5.32 Å². The van der Waals surface area contributed by atoms with Crippen molar-refractivity contribution in [3.63, 3.8) is 0 Å². The normalized spacial score (nSPS) is 17.9. The molecule has 0 amide bonds. The summed E-state index contributed by atoms with van der Waals surface area (Å²) in [5, 5.41) is 2.68. The quantitative estimate of drug-likeness (QED) is 0.868. The van der Waals surface area contributed by atoms with Gasteiger partial charge in [0.2, 0.25) is 0 Å². The maximum atomic E-state index is 13.1. The van der Waals surface area contributed by atoms with E-state index >= 15 is 0 Å². The van der Waals surface area contributed by atoms with Crippen LogP contribution in [0, 0.1) is 11.2 Å². The standard InChI is InChI=1S/C12H13F4NO2S/c1-11(4-5-11)7-17-9-3-2-8(13)6-10(9)20(18,19)12(14,15)16/h2-3,6,17H,4-5,7H2,1H3. The Morgan fingerprint density at radius 3 is 2.40 bits per heavy atom. The summed E-state index contributed by atoms with van der Waals surface area (Å²) in [6.45, 7) is 2.28. The summed E-state index contributed by atoms with van der Waals surface area (Å²) in [6, 6.07) is 2.33. The molecule has 0 radical (unpaired) electrons. The Labute approximate surface area is 113 Å². The van der Waals surface area contributed by atoms with Crippen LogP contribution in [0.3, 0.4) is 0 Å². The van der Waals surface area contributed by atoms with Gasteiger partial charge in [0.15, 0.2) is 0 Å². The molecule has 1 aliphatic carbocycles. The second kappa shape index (κ2) is 4.61. The van der Waals surface area contributed by atoms with E-state index in [4.69, 9.17) is 0 Å². The minimum atomic E-state index is -5.58. The lowest BCUT2D eigenvalue weighted by Gasteiger charge is -2.16. The molecule has 1 N–H and O–H groups in total. The van der Waals surface area contributed by atoms with E-state index in [1.165, 1.54) is 0 Å². The molecule has 0 saturated heterocycles. The Hall–Kier alpha value is -1.31. The average molecular weight is 311 g/mol. The van der Waals surface area contributed by atoms with Crippen LogP contribution in [-0.4, -0.2) is 20.5 Å². The molecule has 1 aliphatic rings. The zero-order valence-electron chi connectivity index (χ0n) is 10.6. The molecular formula is C12H13F4NO2S. The number of rotatable bonds is 4. The predicted molar refractivity (Wildman–Crippen MR) is 65.5 cm³/mol. The van der Waals surface area contributed by atoms with Crippen LogP contribution in [0.4, 0.5) is 23.2 Å². The van der Waals surface area contributed by atoms with Crippen LogP contribution in [0.5, 0.6) is 0 Å². The maximum absolute atomic E-state index is 13.1. The van der Waals surface area contributed by atoms with Gasteiger partial charge in [-0.05, 0) is 36.5 Å². The fraction of sp³-hybridized carbons (Fsp3) is 0.500. The van der Waals surface area contributed by atoms with Crippen LogP contribution in [0.2, 0.25) is 0 Å². The smallest absolute Gasteiger partial charge is 0.383 e. The predicted octanol–water partition coefficient (Wildman–Crippen LogP) is 3.33. The molecule has 20 heavy (non-hydrogen) atoms. The lowest BCUT2D eigenvalue weighted by atomic mass is 10.1. The Balaban J connectivity index is 2.38. The summed E-state index contributed by atoms with van der Waals surface area (Å²) < 4.78 is 73.7. The van der Waals surface area contributed by atoms with Gasteiger partial charge in [-0.1, -0.05) is 6.92 Å². The SMILES string of the molecule is CC1(CNc2ccc(F)cc2S(=O)(=O)C(F)(F)F)CC1. The van der Waals surface area contributed by atoms with Gasteiger partial charge in [-0.3, -0.25) is 0 Å². The lowest BCUT2D eigenvalue weighted by molar-refractivity contribution is -0.0435. The maximum Gasteiger partial charge on any atom is 0.501 e. The molecule has 0 bridgehead atoms. The summed E-state index contributed by atoms with van der Waals surface area (Å²) in [4.78, 5) is -1.07. The van der Waals surface area contributed by atoms with Gasteiger partial charge in [0.1, 0.15) is 10.7 Å². The highest BCUT2D eigenvalue weighted by Gasteiger charge is 2.48. The van der Waals surface area contributed by atoms with Crippen LogP contribution in [0.25, 0.3) is 0 Å². The Kier molecular flexibility index (Phi) is 3.48. The summed E-state index contributed by atoms with van der Waals surface area (Å²) in [5.41, 5.74) is -5.72. The average Bonchev–Trinajstić information content (AvgIpc) is 3.04. The van der Waals surface area contributed by atoms with Gasteiger partial charge in [0.05, 0.1) is 5.69 Å². The minimum absolute atomic E-state index is 0.0341. The highest BCUT2D eigenvalue weighted by molar-refractivity contribution is 7.92. The molecule has 112 valence electrons. The minimum Gasteiger partial charge on any atom is -0.383 e. The molecule has 1 aromatic carbocycles. The molecule has 3 nitrogen and oxygen atoms in total. The third-order valence-electron chi connectivity index (χ3n) is 3.35. The third-order valence-corrected chi connectivity index (χ3v) is 4.87. The second-order valence-electron chi connectivity index (χ2n) is 5.25. The zero-order chi connectivity index (χ0) is 15.2. The highest BCUT2D eigenvalue weighted by atomic mass is 32.2. The molecule has 0 heterocycles. The van der Waals surface area contributed by atoms with Crippen LogP contribution >= 0.6 is 0 Å². The third kappa shape index (κ3) is 2.89. The van der Waals surface area contributed by atoms with Crippen LogP contribution in [-0.2, 0) is 9.84 Å². The van der Waals surface area contributed by atoms with E-state index in [0.717, 1.165) is 25.0 Å². The van der Waals surface area contributed by atoms with Gasteiger partial charge in [-0.2, -0.15) is 13.2 Å². The Morgan fingerprint density at radius 2 is 1.90 bits per heavy atom. The molecule has 2 rings (SSSR count). The number of hydrogen-bond donors (Lipinski definition) is 1. The molecule has 0 aromatic heterocycles. The topological polar surface area (TPSA) is 46.2 Å². The summed E-state index contributed by atoms with van der Waals surface area (Å²) >= 11 is 0. The highest BCUT2D eigenvalue weighted by Crippen LogP contribution is 2.45. The lowest BCUT2D eigenvalue weighted by Crippen LogP contribution is -2.25. The fourth-order valence-electron chi connectivity index (χ4n) is 1.69. The molecule has 1 saturated carbocycles. The number of benzene rings is 1. The number of alkyl halides is 3. The van der Waals surface area contributed by atoms with E-state index in [1.54, 1.807) is 0 Å². The van der Waals surface area contributed by atoms with E-state index < -0.39 is 26.1 Å². The van der Waals surface area contributed by atoms with Crippen molar-refractivity contribution < 1.29 is 26.0 Å². The van der Waals surface area contributed by atoms with Crippen molar-refractivity contribution in [3.8, 4) is 0 Å². The van der Waals surface area contributed by atoms with E-state index in [9.17, 15) is 26.0 Å². The second-order valence-corrected chi connectivity index (χ2v) is 7.16. The van der Waals surface area contributed by atoms with E-state index in [-0.39, 0.29) is 11.1 Å². The van der Waals surface area contributed by atoms with Crippen molar-refractivity contribution in [1.29, 1.82) is 0 Å². The molecule has 1 fully saturated rings. The Bertz CT molecular complexity index is 621. The number of sulfone groups is 1. The fourth-order valence-corrected chi connectivity index (χ4v) is 2.63. The molecule has 8 heteroatoms. The van der Waals surface area contributed by atoms with Crippen LogP contribution < -0.4 is 5.32 Å². The van der Waals surface area contributed by atoms with Gasteiger partial charge in [0.25, 0.3) is 9.84 Å². The van der Waals surface area contributed by atoms with Crippen molar-refractivity contribution in [1.82, 2.24) is 0 Å².